The molecule has 8 heteroatoms. The molecule has 1 aliphatic carbocycles. The molecule has 0 aliphatic heterocycles. The quantitative estimate of drug-likeness (QED) is 0.418. The first-order valence-electron chi connectivity index (χ1n) is 8.79. The number of carbonyl (C=O) groups excluding carboxylic acids is 1. The number of hydrogen-bond donors (Lipinski definition) is 1. The number of nitro benzene ring substituents is 1. The van der Waals surface area contributed by atoms with Gasteiger partial charge in [0.25, 0.3) is 5.69 Å². The lowest BCUT2D eigenvalue weighted by Gasteiger charge is -2.10. The second-order valence-electron chi connectivity index (χ2n) is 6.62. The molecule has 1 N–H and O–H groups in total. The molecule has 27 heavy (non-hydrogen) atoms. The Labute approximate surface area is 154 Å². The summed E-state index contributed by atoms with van der Waals surface area (Å²) in [6, 6.07) is 8.14. The molecule has 0 saturated heterocycles. The van der Waals surface area contributed by atoms with Gasteiger partial charge in [-0.3, -0.25) is 14.9 Å². The van der Waals surface area contributed by atoms with Crippen molar-refractivity contribution in [3.63, 3.8) is 0 Å². The van der Waals surface area contributed by atoms with Crippen molar-refractivity contribution in [3.8, 4) is 0 Å². The smallest absolute Gasteiger partial charge is 0.307 e. The van der Waals surface area contributed by atoms with Gasteiger partial charge in [0.15, 0.2) is 5.76 Å². The Hall–Kier alpha value is -3.42. The van der Waals surface area contributed by atoms with Crippen molar-refractivity contribution in [2.45, 2.75) is 31.7 Å². The fourth-order valence-corrected chi connectivity index (χ4v) is 3.41. The molecule has 2 aromatic heterocycles. The van der Waals surface area contributed by atoms with Gasteiger partial charge in [0.2, 0.25) is 0 Å². The van der Waals surface area contributed by atoms with Gasteiger partial charge in [-0.2, -0.15) is 5.10 Å². The van der Waals surface area contributed by atoms with E-state index in [9.17, 15) is 14.9 Å². The monoisotopic (exact) mass is 366 g/mol. The molecule has 3 aromatic rings. The van der Waals surface area contributed by atoms with E-state index >= 15 is 0 Å². The maximum absolute atomic E-state index is 12.2. The van der Waals surface area contributed by atoms with Crippen LogP contribution in [0.4, 0.5) is 5.69 Å². The summed E-state index contributed by atoms with van der Waals surface area (Å²) in [5.74, 6) is -0.466. The molecule has 0 unspecified atom stereocenters. The van der Waals surface area contributed by atoms with E-state index in [2.05, 4.69) is 15.1 Å². The number of aromatic nitrogens is 1. The van der Waals surface area contributed by atoms with Crippen LogP contribution in [0.25, 0.3) is 11.0 Å². The number of nitrogens with one attached hydrogen (secondary N) is 1. The molecule has 4 rings (SSSR count). The minimum absolute atomic E-state index is 0.0474. The number of furan rings is 1. The van der Waals surface area contributed by atoms with Gasteiger partial charge in [0, 0.05) is 41.5 Å². The number of hydrogen-bond acceptors (Lipinski definition) is 5. The molecule has 1 saturated carbocycles. The Morgan fingerprint density at radius 1 is 1.30 bits per heavy atom. The Kier molecular flexibility index (Phi) is 4.45. The lowest BCUT2D eigenvalue weighted by atomic mass is 10.2. The molecule has 8 nitrogen and oxygen atoms in total. The molecule has 1 aliphatic rings. The third-order valence-corrected chi connectivity index (χ3v) is 4.80. The lowest BCUT2D eigenvalue weighted by molar-refractivity contribution is -0.384. The van der Waals surface area contributed by atoms with Gasteiger partial charge in [-0.1, -0.05) is 12.8 Å². The second-order valence-corrected chi connectivity index (χ2v) is 6.62. The molecule has 0 radical (unpaired) electrons. The van der Waals surface area contributed by atoms with Crippen LogP contribution in [0.3, 0.4) is 0 Å². The molecule has 138 valence electrons. The minimum atomic E-state index is -0.514. The van der Waals surface area contributed by atoms with Gasteiger partial charge in [0.1, 0.15) is 5.58 Å². The first kappa shape index (κ1) is 17.0. The van der Waals surface area contributed by atoms with Gasteiger partial charge in [-0.15, -0.1) is 0 Å². The van der Waals surface area contributed by atoms with E-state index in [1.807, 2.05) is 18.5 Å². The van der Waals surface area contributed by atoms with Crippen LogP contribution in [0.5, 0.6) is 0 Å². The summed E-state index contributed by atoms with van der Waals surface area (Å²) in [6.07, 6.45) is 10.6. The average Bonchev–Trinajstić information content (AvgIpc) is 3.40. The van der Waals surface area contributed by atoms with Gasteiger partial charge < -0.3 is 8.98 Å². The predicted molar refractivity (Wildman–Crippen MR) is 99.9 cm³/mol. The summed E-state index contributed by atoms with van der Waals surface area (Å²) in [5, 5.41) is 15.3. The largest absolute Gasteiger partial charge is 0.451 e. The number of non-ortho nitro benzene ring substituents is 1. The number of amides is 1. The van der Waals surface area contributed by atoms with Crippen molar-refractivity contribution in [2.24, 2.45) is 5.10 Å². The van der Waals surface area contributed by atoms with Gasteiger partial charge in [-0.05, 0) is 31.0 Å². The second kappa shape index (κ2) is 7.06. The fraction of sp³-hybridized carbons (Fsp3) is 0.263. The summed E-state index contributed by atoms with van der Waals surface area (Å²) in [5.41, 5.74) is 3.67. The Morgan fingerprint density at radius 3 is 2.89 bits per heavy atom. The molecule has 1 aromatic carbocycles. The van der Waals surface area contributed by atoms with Gasteiger partial charge >= 0.3 is 5.91 Å². The molecule has 0 spiro atoms. The van der Waals surface area contributed by atoms with Crippen LogP contribution >= 0.6 is 0 Å². The number of carbonyl (C=O) groups is 1. The van der Waals surface area contributed by atoms with Gasteiger partial charge in [-0.25, -0.2) is 5.43 Å². The maximum Gasteiger partial charge on any atom is 0.307 e. The van der Waals surface area contributed by atoms with E-state index in [4.69, 9.17) is 4.42 Å². The van der Waals surface area contributed by atoms with Crippen molar-refractivity contribution in [1.29, 1.82) is 0 Å². The van der Waals surface area contributed by atoms with Crippen molar-refractivity contribution >= 4 is 28.8 Å². The third-order valence-electron chi connectivity index (χ3n) is 4.80. The van der Waals surface area contributed by atoms with Crippen LogP contribution in [0.1, 0.15) is 47.8 Å². The van der Waals surface area contributed by atoms with Crippen LogP contribution in [-0.4, -0.2) is 21.6 Å². The minimum Gasteiger partial charge on any atom is -0.451 e. The van der Waals surface area contributed by atoms with Crippen LogP contribution in [-0.2, 0) is 0 Å². The van der Waals surface area contributed by atoms with Gasteiger partial charge in [0.05, 0.1) is 11.1 Å². The number of rotatable bonds is 5. The highest BCUT2D eigenvalue weighted by Crippen LogP contribution is 2.29. The number of hydrazone groups is 1. The number of fused-ring (bicyclic) bond motifs is 1. The van der Waals surface area contributed by atoms with Crippen molar-refractivity contribution < 1.29 is 14.1 Å². The highest BCUT2D eigenvalue weighted by Gasteiger charge is 2.16. The van der Waals surface area contributed by atoms with E-state index < -0.39 is 10.8 Å². The highest BCUT2D eigenvalue weighted by atomic mass is 16.6. The zero-order valence-corrected chi connectivity index (χ0v) is 14.5. The van der Waals surface area contributed by atoms with E-state index in [0.717, 1.165) is 5.56 Å². The van der Waals surface area contributed by atoms with Crippen LogP contribution < -0.4 is 5.43 Å². The van der Waals surface area contributed by atoms with Crippen LogP contribution in [0.2, 0.25) is 0 Å². The summed E-state index contributed by atoms with van der Waals surface area (Å²) in [7, 11) is 0. The molecule has 1 fully saturated rings. The molecule has 2 heterocycles. The SMILES string of the molecule is O=C(N/N=C\c1ccn(C2CCCC2)c1)c1cc2cc([N+](=O)[O-])ccc2o1. The molecule has 0 bridgehead atoms. The number of benzene rings is 1. The standard InChI is InChI=1S/C19H18N4O4/c24-19(18-10-14-9-16(23(25)26)5-6-17(14)27-18)21-20-11-13-7-8-22(12-13)15-3-1-2-4-15/h5-12,15H,1-4H2,(H,21,24)/b20-11-. The number of nitro groups is 1. The topological polar surface area (TPSA) is 103 Å². The molecule has 0 atom stereocenters. The summed E-state index contributed by atoms with van der Waals surface area (Å²) >= 11 is 0. The zero-order chi connectivity index (χ0) is 18.8. The lowest BCUT2D eigenvalue weighted by Crippen LogP contribution is -2.16. The zero-order valence-electron chi connectivity index (χ0n) is 14.5. The highest BCUT2D eigenvalue weighted by molar-refractivity contribution is 5.96. The van der Waals surface area contributed by atoms with E-state index in [-0.39, 0.29) is 11.4 Å². The first-order valence-corrected chi connectivity index (χ1v) is 8.79. The van der Waals surface area contributed by atoms with Crippen LogP contribution in [0.15, 0.2) is 52.2 Å². The Bertz CT molecular complexity index is 1030. The molecular weight excluding hydrogens is 348 g/mol. The summed E-state index contributed by atoms with van der Waals surface area (Å²) in [4.78, 5) is 22.5. The Morgan fingerprint density at radius 2 is 2.11 bits per heavy atom. The summed E-state index contributed by atoms with van der Waals surface area (Å²) in [6.45, 7) is 0. The first-order chi connectivity index (χ1) is 13.1. The summed E-state index contributed by atoms with van der Waals surface area (Å²) < 4.78 is 7.62. The predicted octanol–water partition coefficient (Wildman–Crippen LogP) is 4.02. The van der Waals surface area contributed by atoms with E-state index in [1.54, 1.807) is 6.21 Å². The van der Waals surface area contributed by atoms with E-state index in [1.165, 1.54) is 49.9 Å². The third kappa shape index (κ3) is 3.59. The maximum atomic E-state index is 12.2. The van der Waals surface area contributed by atoms with E-state index in [0.29, 0.717) is 17.0 Å². The normalized spacial score (nSPS) is 15.0. The molecule has 1 amide bonds. The number of nitrogens with zero attached hydrogens (tertiary/aromatic N) is 3. The average molecular weight is 366 g/mol. The van der Waals surface area contributed by atoms with Crippen molar-refractivity contribution in [3.05, 3.63) is 64.2 Å². The van der Waals surface area contributed by atoms with Crippen molar-refractivity contribution in [1.82, 2.24) is 9.99 Å². The Balaban J connectivity index is 1.42. The fourth-order valence-electron chi connectivity index (χ4n) is 3.41. The van der Waals surface area contributed by atoms with Crippen LogP contribution in [0, 0.1) is 10.1 Å². The van der Waals surface area contributed by atoms with Crippen molar-refractivity contribution in [2.75, 3.05) is 0 Å². The molecular formula is C19H18N4O4.